The maximum absolute atomic E-state index is 12.1. The first kappa shape index (κ1) is 31.3. The normalized spacial score (nSPS) is 32.9. The number of phosphoric ester groups is 2. The second-order valence-electron chi connectivity index (χ2n) is 8.72. The number of aromatic amines is 1. The van der Waals surface area contributed by atoms with E-state index < -0.39 is 94.9 Å². The third-order valence-electron chi connectivity index (χ3n) is 5.92. The van der Waals surface area contributed by atoms with Crippen molar-refractivity contribution >= 4 is 21.5 Å². The van der Waals surface area contributed by atoms with Crippen LogP contribution in [-0.2, 0) is 32.0 Å². The molecule has 41 heavy (non-hydrogen) atoms. The molecule has 2 saturated heterocycles. The van der Waals surface area contributed by atoms with Crippen LogP contribution in [0.3, 0.4) is 0 Å². The van der Waals surface area contributed by atoms with Gasteiger partial charge >= 0.3 is 11.4 Å². The van der Waals surface area contributed by atoms with E-state index in [2.05, 4.69) is 18.3 Å². The van der Waals surface area contributed by atoms with Crippen molar-refractivity contribution in [3.05, 3.63) is 55.8 Å². The molecule has 2 fully saturated rings. The average Bonchev–Trinajstić information content (AvgIpc) is 3.31. The van der Waals surface area contributed by atoms with Crippen molar-refractivity contribution in [2.45, 2.75) is 49.1 Å². The fourth-order valence-corrected chi connectivity index (χ4v) is 5.96. The third-order valence-corrected chi connectivity index (χ3v) is 8.45. The first-order valence-electron chi connectivity index (χ1n) is 11.4. The van der Waals surface area contributed by atoms with Gasteiger partial charge in [0.05, 0.1) is 13.2 Å². The summed E-state index contributed by atoms with van der Waals surface area (Å²) in [6.07, 6.45) is -11.4. The zero-order chi connectivity index (χ0) is 30.3. The van der Waals surface area contributed by atoms with Gasteiger partial charge < -0.3 is 54.5 Å². The number of anilines is 1. The van der Waals surface area contributed by atoms with Crippen molar-refractivity contribution in [2.24, 2.45) is 0 Å². The summed E-state index contributed by atoms with van der Waals surface area (Å²) in [4.78, 5) is 64.7. The zero-order valence-electron chi connectivity index (χ0n) is 20.3. The lowest BCUT2D eigenvalue weighted by atomic mass is 10.1. The van der Waals surface area contributed by atoms with Gasteiger partial charge in [-0.15, -0.1) is 0 Å². The fraction of sp³-hybridized carbons (Fsp3) is 0.556. The number of H-pyrrole nitrogens is 1. The van der Waals surface area contributed by atoms with Crippen molar-refractivity contribution in [1.29, 1.82) is 0 Å². The number of ether oxygens (including phenoxy) is 2. The molecule has 2 aliphatic heterocycles. The van der Waals surface area contributed by atoms with Gasteiger partial charge in [-0.3, -0.25) is 28.0 Å². The molecule has 0 amide bonds. The Hall–Kier alpha value is -2.62. The summed E-state index contributed by atoms with van der Waals surface area (Å²) in [5.74, 6) is -0.137. The van der Waals surface area contributed by atoms with Crippen LogP contribution in [-0.4, -0.2) is 89.4 Å². The topological polar surface area (TPSA) is 323 Å². The number of nitrogens with zero attached hydrogens (tertiary/aromatic N) is 3. The van der Waals surface area contributed by atoms with Crippen LogP contribution in [0, 0.1) is 0 Å². The number of rotatable bonds is 10. The lowest BCUT2D eigenvalue weighted by Crippen LogP contribution is -2.37. The Morgan fingerprint density at radius 3 is 1.85 bits per heavy atom. The molecular formula is C18H23N5O16P2-2. The highest BCUT2D eigenvalue weighted by atomic mass is 31.3. The molecule has 228 valence electrons. The molecule has 4 rings (SSSR count). The van der Waals surface area contributed by atoms with Gasteiger partial charge in [-0.1, -0.05) is 0 Å². The summed E-state index contributed by atoms with van der Waals surface area (Å²) in [6.45, 7) is -2.16. The van der Waals surface area contributed by atoms with Crippen LogP contribution in [0.1, 0.15) is 12.5 Å². The summed E-state index contributed by atoms with van der Waals surface area (Å²) in [5.41, 5.74) is 2.66. The third kappa shape index (κ3) is 7.07. The Morgan fingerprint density at radius 1 is 0.878 bits per heavy atom. The summed E-state index contributed by atoms with van der Waals surface area (Å²) in [6, 6.07) is 2.11. The summed E-state index contributed by atoms with van der Waals surface area (Å²) >= 11 is 0. The standard InChI is InChI=1S/C18H25N5O16P2/c19-9-1-3-22(17(29)20-9)15-13(27)11(25)7(37-15)5-35-40(31,32)39-41(33,34)36-6-8-12(26)14(28)16(38-8)23-4-2-10(24)21-18(23)30/h1-4,7-8,11-16,25-28H,5-6H2,(H,31,32)(H,33,34)(H2,19,20,29)(H,21,24,30)/p-2. The Morgan fingerprint density at radius 2 is 1.37 bits per heavy atom. The van der Waals surface area contributed by atoms with Crippen molar-refractivity contribution in [1.82, 2.24) is 19.1 Å². The van der Waals surface area contributed by atoms with E-state index in [1.807, 2.05) is 4.98 Å². The minimum Gasteiger partial charge on any atom is -0.756 e. The Bertz CT molecular complexity index is 1530. The van der Waals surface area contributed by atoms with Gasteiger partial charge in [-0.25, -0.2) is 13.9 Å². The first-order chi connectivity index (χ1) is 19.1. The van der Waals surface area contributed by atoms with E-state index in [0.29, 0.717) is 4.57 Å². The monoisotopic (exact) mass is 627 g/mol. The van der Waals surface area contributed by atoms with Crippen molar-refractivity contribution in [3.63, 3.8) is 0 Å². The predicted molar refractivity (Wildman–Crippen MR) is 124 cm³/mol. The molecule has 0 spiro atoms. The number of nitrogen functional groups attached to an aromatic ring is 1. The van der Waals surface area contributed by atoms with Crippen LogP contribution >= 0.6 is 15.6 Å². The minimum atomic E-state index is -5.74. The van der Waals surface area contributed by atoms with Crippen LogP contribution in [0.25, 0.3) is 0 Å². The minimum absolute atomic E-state index is 0.137. The number of hydrogen-bond acceptors (Lipinski definition) is 18. The quantitative estimate of drug-likeness (QED) is 0.134. The predicted octanol–water partition coefficient (Wildman–Crippen LogP) is -5.40. The van der Waals surface area contributed by atoms with Crippen LogP contribution in [0.5, 0.6) is 0 Å². The van der Waals surface area contributed by atoms with E-state index in [1.165, 1.54) is 6.07 Å². The van der Waals surface area contributed by atoms with Crippen molar-refractivity contribution < 1.29 is 62.2 Å². The molecule has 4 heterocycles. The highest BCUT2D eigenvalue weighted by Crippen LogP contribution is 2.56. The zero-order valence-corrected chi connectivity index (χ0v) is 22.1. The summed E-state index contributed by atoms with van der Waals surface area (Å²) < 4.78 is 49.0. The molecule has 21 nitrogen and oxygen atoms in total. The lowest BCUT2D eigenvalue weighted by Gasteiger charge is -2.32. The van der Waals surface area contributed by atoms with Gasteiger partial charge in [0.15, 0.2) is 12.5 Å². The van der Waals surface area contributed by atoms with Gasteiger partial charge in [-0.05, 0) is 6.07 Å². The van der Waals surface area contributed by atoms with E-state index >= 15 is 0 Å². The van der Waals surface area contributed by atoms with Crippen LogP contribution in [0.4, 0.5) is 5.82 Å². The van der Waals surface area contributed by atoms with Crippen molar-refractivity contribution in [2.75, 3.05) is 18.9 Å². The molecular weight excluding hydrogens is 604 g/mol. The first-order valence-corrected chi connectivity index (χ1v) is 14.3. The number of aliphatic hydroxyl groups excluding tert-OH is 4. The molecule has 2 aliphatic rings. The number of nitrogens with one attached hydrogen (secondary N) is 1. The average molecular weight is 627 g/mol. The Balaban J connectivity index is 1.32. The van der Waals surface area contributed by atoms with E-state index in [-0.39, 0.29) is 5.82 Å². The van der Waals surface area contributed by atoms with E-state index in [1.54, 1.807) is 0 Å². The fourth-order valence-electron chi connectivity index (χ4n) is 3.94. The van der Waals surface area contributed by atoms with Gasteiger partial charge in [0.2, 0.25) is 0 Å². The molecule has 2 aromatic rings. The van der Waals surface area contributed by atoms with E-state index in [9.17, 15) is 53.7 Å². The molecule has 0 radical (unpaired) electrons. The smallest absolute Gasteiger partial charge is 0.351 e. The number of nitrogens with two attached hydrogens (primary N) is 1. The number of hydrogen-bond donors (Lipinski definition) is 6. The number of aromatic nitrogens is 4. The number of phosphoric acid groups is 2. The highest BCUT2D eigenvalue weighted by molar-refractivity contribution is 7.59. The molecule has 23 heteroatoms. The molecule has 0 saturated carbocycles. The second kappa shape index (κ2) is 11.9. The van der Waals surface area contributed by atoms with E-state index in [0.717, 1.165) is 23.0 Å². The van der Waals surface area contributed by atoms with Gasteiger partial charge in [-0.2, -0.15) is 4.98 Å². The highest BCUT2D eigenvalue weighted by Gasteiger charge is 2.46. The molecule has 0 aromatic carbocycles. The van der Waals surface area contributed by atoms with Crippen LogP contribution in [0.2, 0.25) is 0 Å². The van der Waals surface area contributed by atoms with Gasteiger partial charge in [0.25, 0.3) is 21.2 Å². The molecule has 0 aliphatic carbocycles. The maximum atomic E-state index is 12.1. The Labute approximate surface area is 227 Å². The molecule has 10 unspecified atom stereocenters. The van der Waals surface area contributed by atoms with Gasteiger partial charge in [0.1, 0.15) is 42.4 Å². The number of aliphatic hydroxyl groups is 4. The van der Waals surface area contributed by atoms with E-state index in [4.69, 9.17) is 15.2 Å². The largest absolute Gasteiger partial charge is 0.756 e. The SMILES string of the molecule is Nc1ccn(C2OC(COP(=O)([O-])OP(=O)([O-])OCC3OC(n4ccc(=O)[nH]c4=O)C(O)C3O)C(O)C2O)c(=O)n1. The van der Waals surface area contributed by atoms with Gasteiger partial charge in [0, 0.05) is 18.5 Å². The summed E-state index contributed by atoms with van der Waals surface area (Å²) in [7, 11) is -11.5. The molecule has 0 bridgehead atoms. The molecule has 2 aromatic heterocycles. The molecule has 7 N–H and O–H groups in total. The Kier molecular flexibility index (Phi) is 9.12. The van der Waals surface area contributed by atoms with Crippen molar-refractivity contribution in [3.8, 4) is 0 Å². The van der Waals surface area contributed by atoms with Crippen LogP contribution in [0.15, 0.2) is 38.9 Å². The second-order valence-corrected chi connectivity index (χ2v) is 11.7. The lowest BCUT2D eigenvalue weighted by molar-refractivity contribution is -0.246. The maximum Gasteiger partial charge on any atom is 0.351 e. The molecule has 10 atom stereocenters. The summed E-state index contributed by atoms with van der Waals surface area (Å²) in [5, 5.41) is 40.7. The van der Waals surface area contributed by atoms with Crippen LogP contribution < -0.4 is 32.5 Å².